The third-order valence-electron chi connectivity index (χ3n) is 3.33. The standard InChI is InChI=1S/C13H18N4O2/c1-2-8-3-4-9(14)11(7-8)17(15)10-5-6-12(18)16-13(10)19/h3-4,7,10H,2,5-6,14-15H2,1H3,(H,16,18,19). The molecule has 1 unspecified atom stereocenters. The van der Waals surface area contributed by atoms with Crippen molar-refractivity contribution in [2.24, 2.45) is 5.84 Å². The van der Waals surface area contributed by atoms with E-state index in [9.17, 15) is 9.59 Å². The number of hydrogen-bond donors (Lipinski definition) is 3. The molecule has 1 aliphatic rings. The summed E-state index contributed by atoms with van der Waals surface area (Å²) in [6.07, 6.45) is 1.55. The molecule has 5 N–H and O–H groups in total. The van der Waals surface area contributed by atoms with Gasteiger partial charge in [-0.1, -0.05) is 13.0 Å². The van der Waals surface area contributed by atoms with Crippen LogP contribution in [-0.4, -0.2) is 17.9 Å². The van der Waals surface area contributed by atoms with Gasteiger partial charge in [-0.05, 0) is 30.5 Å². The van der Waals surface area contributed by atoms with E-state index in [1.54, 1.807) is 6.07 Å². The maximum atomic E-state index is 11.8. The number of anilines is 2. The average Bonchev–Trinajstić information content (AvgIpc) is 2.38. The van der Waals surface area contributed by atoms with Crippen LogP contribution in [0.3, 0.4) is 0 Å². The first-order valence-electron chi connectivity index (χ1n) is 6.29. The van der Waals surface area contributed by atoms with E-state index >= 15 is 0 Å². The van der Waals surface area contributed by atoms with Gasteiger partial charge in [-0.15, -0.1) is 0 Å². The van der Waals surface area contributed by atoms with Crippen LogP contribution in [0.25, 0.3) is 0 Å². The Balaban J connectivity index is 2.26. The van der Waals surface area contributed by atoms with Gasteiger partial charge in [0.15, 0.2) is 0 Å². The molecule has 0 radical (unpaired) electrons. The van der Waals surface area contributed by atoms with Crippen molar-refractivity contribution in [3.8, 4) is 0 Å². The predicted molar refractivity (Wildman–Crippen MR) is 73.1 cm³/mol. The van der Waals surface area contributed by atoms with Gasteiger partial charge in [0, 0.05) is 6.42 Å². The summed E-state index contributed by atoms with van der Waals surface area (Å²) < 4.78 is 0. The molecule has 0 aromatic heterocycles. The lowest BCUT2D eigenvalue weighted by Gasteiger charge is -2.31. The van der Waals surface area contributed by atoms with Crippen LogP contribution in [0.2, 0.25) is 0 Å². The van der Waals surface area contributed by atoms with E-state index in [-0.39, 0.29) is 18.2 Å². The molecule has 1 saturated heterocycles. The Morgan fingerprint density at radius 3 is 2.79 bits per heavy atom. The molecule has 0 saturated carbocycles. The van der Waals surface area contributed by atoms with Crippen LogP contribution >= 0.6 is 0 Å². The first-order chi connectivity index (χ1) is 9.02. The number of carbonyl (C=O) groups is 2. The second kappa shape index (κ2) is 5.27. The molecule has 1 atom stereocenters. The highest BCUT2D eigenvalue weighted by molar-refractivity contribution is 6.01. The Bertz CT molecular complexity index is 515. The van der Waals surface area contributed by atoms with E-state index in [2.05, 4.69) is 5.32 Å². The number of imide groups is 1. The van der Waals surface area contributed by atoms with Crippen LogP contribution in [0, 0.1) is 0 Å². The zero-order valence-corrected chi connectivity index (χ0v) is 10.8. The molecular formula is C13H18N4O2. The molecule has 1 aromatic carbocycles. The number of carbonyl (C=O) groups excluding carboxylic acids is 2. The maximum absolute atomic E-state index is 11.8. The van der Waals surface area contributed by atoms with Crippen LogP contribution in [-0.2, 0) is 16.0 Å². The van der Waals surface area contributed by atoms with Crippen molar-refractivity contribution in [2.75, 3.05) is 10.7 Å². The number of hydrazine groups is 1. The summed E-state index contributed by atoms with van der Waals surface area (Å²) in [5, 5.41) is 3.65. The van der Waals surface area contributed by atoms with Gasteiger partial charge in [0.05, 0.1) is 11.4 Å². The Morgan fingerprint density at radius 1 is 1.42 bits per heavy atom. The van der Waals surface area contributed by atoms with E-state index in [0.717, 1.165) is 12.0 Å². The highest BCUT2D eigenvalue weighted by atomic mass is 16.2. The third kappa shape index (κ3) is 2.68. The van der Waals surface area contributed by atoms with Gasteiger partial charge in [-0.3, -0.25) is 19.9 Å². The number of aryl methyl sites for hydroxylation is 1. The average molecular weight is 262 g/mol. The smallest absolute Gasteiger partial charge is 0.250 e. The maximum Gasteiger partial charge on any atom is 0.250 e. The minimum absolute atomic E-state index is 0.259. The topological polar surface area (TPSA) is 101 Å². The number of nitrogens with one attached hydrogen (secondary N) is 1. The van der Waals surface area contributed by atoms with E-state index in [1.165, 1.54) is 5.01 Å². The number of nitrogens with zero attached hydrogens (tertiary/aromatic N) is 1. The van der Waals surface area contributed by atoms with Crippen molar-refractivity contribution in [2.45, 2.75) is 32.2 Å². The van der Waals surface area contributed by atoms with Gasteiger partial charge in [0.2, 0.25) is 5.91 Å². The normalized spacial score (nSPS) is 19.2. The van der Waals surface area contributed by atoms with Gasteiger partial charge in [0.1, 0.15) is 6.04 Å². The minimum atomic E-state index is -0.563. The molecule has 6 heteroatoms. The van der Waals surface area contributed by atoms with Crippen LogP contribution in [0.1, 0.15) is 25.3 Å². The van der Waals surface area contributed by atoms with Gasteiger partial charge < -0.3 is 5.73 Å². The molecule has 0 spiro atoms. The zero-order chi connectivity index (χ0) is 14.0. The second-order valence-corrected chi connectivity index (χ2v) is 4.62. The lowest BCUT2D eigenvalue weighted by atomic mass is 10.0. The Kier molecular flexibility index (Phi) is 3.71. The molecule has 0 aliphatic carbocycles. The first kappa shape index (κ1) is 13.4. The number of nitrogen functional groups attached to an aromatic ring is 1. The van der Waals surface area contributed by atoms with Gasteiger partial charge >= 0.3 is 0 Å². The molecule has 102 valence electrons. The number of piperidine rings is 1. The predicted octanol–water partition coefficient (Wildman–Crippen LogP) is 0.316. The molecular weight excluding hydrogens is 244 g/mol. The quantitative estimate of drug-likeness (QED) is 0.315. The van der Waals surface area contributed by atoms with Crippen LogP contribution in [0.4, 0.5) is 11.4 Å². The Morgan fingerprint density at radius 2 is 2.16 bits per heavy atom. The summed E-state index contributed by atoms with van der Waals surface area (Å²) in [5.41, 5.74) is 8.13. The van der Waals surface area contributed by atoms with Crippen molar-refractivity contribution >= 4 is 23.2 Å². The summed E-state index contributed by atoms with van der Waals surface area (Å²) in [4.78, 5) is 22.9. The second-order valence-electron chi connectivity index (χ2n) is 4.62. The van der Waals surface area contributed by atoms with Gasteiger partial charge in [0.25, 0.3) is 5.91 Å². The fourth-order valence-corrected chi connectivity index (χ4v) is 2.15. The largest absolute Gasteiger partial charge is 0.397 e. The molecule has 1 heterocycles. The summed E-state index contributed by atoms with van der Waals surface area (Å²) >= 11 is 0. The summed E-state index contributed by atoms with van der Waals surface area (Å²) in [5.74, 6) is 5.38. The lowest BCUT2D eigenvalue weighted by Crippen LogP contribution is -2.55. The monoisotopic (exact) mass is 262 g/mol. The van der Waals surface area contributed by atoms with Crippen molar-refractivity contribution in [1.82, 2.24) is 5.32 Å². The molecule has 0 bridgehead atoms. The minimum Gasteiger partial charge on any atom is -0.397 e. The summed E-state index contributed by atoms with van der Waals surface area (Å²) in [6.45, 7) is 2.03. The van der Waals surface area contributed by atoms with Crippen LogP contribution < -0.4 is 21.9 Å². The molecule has 2 amide bonds. The van der Waals surface area contributed by atoms with Crippen LogP contribution in [0.15, 0.2) is 18.2 Å². The zero-order valence-electron chi connectivity index (χ0n) is 10.8. The number of amides is 2. The van der Waals surface area contributed by atoms with Crippen molar-refractivity contribution in [3.05, 3.63) is 23.8 Å². The summed E-state index contributed by atoms with van der Waals surface area (Å²) in [7, 11) is 0. The molecule has 2 rings (SSSR count). The molecule has 1 aliphatic heterocycles. The SMILES string of the molecule is CCc1ccc(N)c(N(N)C2CCC(=O)NC2=O)c1. The van der Waals surface area contributed by atoms with Crippen LogP contribution in [0.5, 0.6) is 0 Å². The molecule has 19 heavy (non-hydrogen) atoms. The van der Waals surface area contributed by atoms with Gasteiger partial charge in [-0.25, -0.2) is 5.84 Å². The lowest BCUT2D eigenvalue weighted by molar-refractivity contribution is -0.134. The molecule has 1 fully saturated rings. The van der Waals surface area contributed by atoms with Gasteiger partial charge in [-0.2, -0.15) is 0 Å². The fraction of sp³-hybridized carbons (Fsp3) is 0.385. The number of nitrogens with two attached hydrogens (primary N) is 2. The highest BCUT2D eigenvalue weighted by Gasteiger charge is 2.31. The van der Waals surface area contributed by atoms with E-state index in [1.807, 2.05) is 19.1 Å². The number of hydrogen-bond acceptors (Lipinski definition) is 5. The molecule has 1 aromatic rings. The first-order valence-corrected chi connectivity index (χ1v) is 6.29. The summed E-state index contributed by atoms with van der Waals surface area (Å²) in [6, 6.07) is 5.02. The number of rotatable bonds is 3. The Hall–Kier alpha value is -2.08. The van der Waals surface area contributed by atoms with Crippen molar-refractivity contribution < 1.29 is 9.59 Å². The van der Waals surface area contributed by atoms with Crippen molar-refractivity contribution in [3.63, 3.8) is 0 Å². The third-order valence-corrected chi connectivity index (χ3v) is 3.33. The molecule has 6 nitrogen and oxygen atoms in total. The van der Waals surface area contributed by atoms with E-state index in [4.69, 9.17) is 11.6 Å². The highest BCUT2D eigenvalue weighted by Crippen LogP contribution is 2.26. The Labute approximate surface area is 111 Å². The number of benzene rings is 1. The van der Waals surface area contributed by atoms with E-state index < -0.39 is 6.04 Å². The van der Waals surface area contributed by atoms with Crippen molar-refractivity contribution in [1.29, 1.82) is 0 Å². The fourth-order valence-electron chi connectivity index (χ4n) is 2.15. The van der Waals surface area contributed by atoms with E-state index in [0.29, 0.717) is 17.8 Å².